The highest BCUT2D eigenvalue weighted by atomic mass is 16.6. The average molecular weight is 479 g/mol. The fourth-order valence-corrected chi connectivity index (χ4v) is 3.91. The summed E-state index contributed by atoms with van der Waals surface area (Å²) in [6.45, 7) is 0. The minimum atomic E-state index is -0.431. The van der Waals surface area contributed by atoms with Gasteiger partial charge in [-0.15, -0.1) is 0 Å². The molecule has 0 unspecified atom stereocenters. The number of nitro benzene ring substituents is 1. The van der Waals surface area contributed by atoms with Crippen LogP contribution in [0.1, 0.15) is 0 Å². The van der Waals surface area contributed by atoms with E-state index in [2.05, 4.69) is 20.9 Å². The van der Waals surface area contributed by atoms with Crippen molar-refractivity contribution in [2.24, 2.45) is 0 Å². The second-order valence-corrected chi connectivity index (χ2v) is 7.98. The van der Waals surface area contributed by atoms with E-state index in [0.29, 0.717) is 22.6 Å². The van der Waals surface area contributed by atoms with E-state index in [4.69, 9.17) is 4.74 Å². The van der Waals surface area contributed by atoms with E-state index >= 15 is 0 Å². The number of nitrogens with zero attached hydrogens (tertiary/aromatic N) is 2. The van der Waals surface area contributed by atoms with Crippen LogP contribution in [-0.2, 0) is 0 Å². The highest BCUT2D eigenvalue weighted by Crippen LogP contribution is 2.34. The van der Waals surface area contributed by atoms with Crippen LogP contribution >= 0.6 is 0 Å². The van der Waals surface area contributed by atoms with Crippen molar-refractivity contribution in [1.29, 1.82) is 0 Å². The van der Waals surface area contributed by atoms with Crippen molar-refractivity contribution < 1.29 is 14.5 Å². The fraction of sp³-hybridized carbons (Fsp3) is 0.0370. The maximum absolute atomic E-state index is 12.4. The van der Waals surface area contributed by atoms with Gasteiger partial charge < -0.3 is 20.7 Å². The molecule has 5 rings (SSSR count). The first-order valence-electron chi connectivity index (χ1n) is 11.1. The van der Waals surface area contributed by atoms with Gasteiger partial charge in [-0.1, -0.05) is 24.3 Å². The Labute approximate surface area is 205 Å². The standard InChI is InChI=1S/C27H21N5O4/c1-36-21-6-4-5-19(15-21)30-27(33)29-18-11-9-17(10-12-18)28-26-22-7-2-3-8-24(22)31-25-16-20(32(34)35)13-14-23(25)26/h2-16H,1H3,(H,28,31)(H2,29,30,33). The highest BCUT2D eigenvalue weighted by molar-refractivity contribution is 6.09. The SMILES string of the molecule is COc1cccc(NC(=O)Nc2ccc(Nc3c4ccccc4nc4cc([N+](=O)[O-])ccc34)cc2)c1. The number of non-ortho nitro benzene ring substituents is 1. The van der Waals surface area contributed by atoms with Crippen LogP contribution < -0.4 is 20.7 Å². The molecule has 0 fully saturated rings. The summed E-state index contributed by atoms with van der Waals surface area (Å²) in [5.74, 6) is 0.647. The van der Waals surface area contributed by atoms with Crippen molar-refractivity contribution >= 4 is 56.3 Å². The van der Waals surface area contributed by atoms with Crippen molar-refractivity contribution in [3.63, 3.8) is 0 Å². The number of nitrogens with one attached hydrogen (secondary N) is 3. The Kier molecular flexibility index (Phi) is 6.02. The number of aromatic nitrogens is 1. The number of carbonyl (C=O) groups excluding carboxylic acids is 1. The molecule has 36 heavy (non-hydrogen) atoms. The summed E-state index contributed by atoms with van der Waals surface area (Å²) in [4.78, 5) is 27.8. The first-order valence-corrected chi connectivity index (χ1v) is 11.1. The number of hydrogen-bond acceptors (Lipinski definition) is 6. The lowest BCUT2D eigenvalue weighted by Crippen LogP contribution is -2.19. The lowest BCUT2D eigenvalue weighted by atomic mass is 10.1. The van der Waals surface area contributed by atoms with Crippen LogP contribution in [0.5, 0.6) is 5.75 Å². The molecule has 1 heterocycles. The van der Waals surface area contributed by atoms with E-state index in [9.17, 15) is 14.9 Å². The molecule has 9 nitrogen and oxygen atoms in total. The van der Waals surface area contributed by atoms with Gasteiger partial charge in [-0.05, 0) is 48.5 Å². The first-order chi connectivity index (χ1) is 17.5. The number of methoxy groups -OCH3 is 1. The Hall–Kier alpha value is -5.18. The fourth-order valence-electron chi connectivity index (χ4n) is 3.91. The number of pyridine rings is 1. The van der Waals surface area contributed by atoms with E-state index in [1.807, 2.05) is 36.4 Å². The maximum Gasteiger partial charge on any atom is 0.323 e. The lowest BCUT2D eigenvalue weighted by Gasteiger charge is -2.14. The Morgan fingerprint density at radius 3 is 2.31 bits per heavy atom. The van der Waals surface area contributed by atoms with Crippen LogP contribution in [0, 0.1) is 10.1 Å². The number of carbonyl (C=O) groups is 1. The number of nitro groups is 1. The summed E-state index contributed by atoms with van der Waals surface area (Å²) in [5.41, 5.74) is 4.03. The van der Waals surface area contributed by atoms with Crippen LogP contribution in [0.25, 0.3) is 21.8 Å². The van der Waals surface area contributed by atoms with Gasteiger partial charge in [0.25, 0.3) is 5.69 Å². The molecule has 0 radical (unpaired) electrons. The van der Waals surface area contributed by atoms with E-state index in [-0.39, 0.29) is 11.7 Å². The average Bonchev–Trinajstić information content (AvgIpc) is 2.89. The van der Waals surface area contributed by atoms with Gasteiger partial charge in [0.15, 0.2) is 0 Å². The summed E-state index contributed by atoms with van der Waals surface area (Å²) >= 11 is 0. The molecule has 3 N–H and O–H groups in total. The Morgan fingerprint density at radius 1 is 0.806 bits per heavy atom. The Balaban J connectivity index is 1.38. The molecule has 0 aliphatic carbocycles. The summed E-state index contributed by atoms with van der Waals surface area (Å²) < 4.78 is 5.17. The van der Waals surface area contributed by atoms with Crippen molar-refractivity contribution in [1.82, 2.24) is 4.98 Å². The predicted octanol–water partition coefficient (Wildman–Crippen LogP) is 6.69. The monoisotopic (exact) mass is 479 g/mol. The number of amides is 2. The van der Waals surface area contributed by atoms with Gasteiger partial charge in [0, 0.05) is 46.0 Å². The number of rotatable bonds is 6. The number of hydrogen-bond donors (Lipinski definition) is 3. The summed E-state index contributed by atoms with van der Waals surface area (Å²) in [6, 6.07) is 26.2. The van der Waals surface area contributed by atoms with Gasteiger partial charge in [0.2, 0.25) is 0 Å². The van der Waals surface area contributed by atoms with Crippen molar-refractivity contribution in [3.05, 3.63) is 101 Å². The molecule has 0 spiro atoms. The molecule has 9 heteroatoms. The minimum absolute atomic E-state index is 0.0149. The maximum atomic E-state index is 12.4. The number of ether oxygens (including phenoxy) is 1. The second kappa shape index (κ2) is 9.59. The third-order valence-corrected chi connectivity index (χ3v) is 5.62. The first kappa shape index (κ1) is 22.6. The van der Waals surface area contributed by atoms with Gasteiger partial charge in [-0.2, -0.15) is 0 Å². The zero-order valence-corrected chi connectivity index (χ0v) is 19.2. The third-order valence-electron chi connectivity index (χ3n) is 5.62. The lowest BCUT2D eigenvalue weighted by molar-refractivity contribution is -0.384. The summed E-state index contributed by atoms with van der Waals surface area (Å²) in [6.07, 6.45) is 0. The van der Waals surface area contributed by atoms with Gasteiger partial charge in [-0.25, -0.2) is 9.78 Å². The van der Waals surface area contributed by atoms with Crippen LogP contribution in [0.15, 0.2) is 91.0 Å². The number of urea groups is 1. The second-order valence-electron chi connectivity index (χ2n) is 7.98. The highest BCUT2D eigenvalue weighted by Gasteiger charge is 2.13. The van der Waals surface area contributed by atoms with E-state index in [1.54, 1.807) is 49.6 Å². The van der Waals surface area contributed by atoms with Crippen molar-refractivity contribution in [2.75, 3.05) is 23.1 Å². The summed E-state index contributed by atoms with van der Waals surface area (Å²) in [7, 11) is 1.57. The van der Waals surface area contributed by atoms with Crippen LogP contribution in [-0.4, -0.2) is 23.0 Å². The third kappa shape index (κ3) is 4.71. The zero-order chi connectivity index (χ0) is 25.1. The normalized spacial score (nSPS) is 10.7. The Bertz CT molecular complexity index is 1600. The molecular formula is C27H21N5O4. The van der Waals surface area contributed by atoms with Crippen molar-refractivity contribution in [3.8, 4) is 5.75 Å². The molecule has 0 bridgehead atoms. The molecule has 0 aliphatic heterocycles. The molecular weight excluding hydrogens is 458 g/mol. The number of benzene rings is 4. The molecule has 4 aromatic carbocycles. The number of para-hydroxylation sites is 1. The number of fused-ring (bicyclic) bond motifs is 2. The molecule has 2 amide bonds. The zero-order valence-electron chi connectivity index (χ0n) is 19.2. The van der Waals surface area contributed by atoms with Gasteiger partial charge in [-0.3, -0.25) is 10.1 Å². The van der Waals surface area contributed by atoms with E-state index < -0.39 is 4.92 Å². The molecule has 5 aromatic rings. The topological polar surface area (TPSA) is 118 Å². The Morgan fingerprint density at radius 2 is 1.53 bits per heavy atom. The van der Waals surface area contributed by atoms with Crippen LogP contribution in [0.3, 0.4) is 0 Å². The predicted molar refractivity (Wildman–Crippen MR) is 141 cm³/mol. The number of anilines is 4. The summed E-state index contributed by atoms with van der Waals surface area (Å²) in [5, 5.41) is 21.9. The molecule has 178 valence electrons. The van der Waals surface area contributed by atoms with Gasteiger partial charge in [0.1, 0.15) is 5.75 Å². The van der Waals surface area contributed by atoms with Crippen LogP contribution in [0.4, 0.5) is 33.2 Å². The van der Waals surface area contributed by atoms with Crippen molar-refractivity contribution in [2.45, 2.75) is 0 Å². The quantitative estimate of drug-likeness (QED) is 0.142. The largest absolute Gasteiger partial charge is 0.497 e. The molecule has 0 aliphatic rings. The van der Waals surface area contributed by atoms with Gasteiger partial charge >= 0.3 is 6.03 Å². The molecule has 1 aromatic heterocycles. The van der Waals surface area contributed by atoms with E-state index in [1.165, 1.54) is 12.1 Å². The molecule has 0 saturated heterocycles. The van der Waals surface area contributed by atoms with Gasteiger partial charge in [0.05, 0.1) is 28.8 Å². The molecule has 0 saturated carbocycles. The molecule has 0 atom stereocenters. The smallest absolute Gasteiger partial charge is 0.323 e. The van der Waals surface area contributed by atoms with E-state index in [0.717, 1.165) is 27.7 Å². The van der Waals surface area contributed by atoms with Crippen LogP contribution in [0.2, 0.25) is 0 Å². The minimum Gasteiger partial charge on any atom is -0.497 e.